The van der Waals surface area contributed by atoms with Gasteiger partial charge in [-0.15, -0.1) is 0 Å². The third kappa shape index (κ3) is 6.40. The molecule has 0 aromatic heterocycles. The molecule has 0 heterocycles. The molecule has 0 radical (unpaired) electrons. The number of hydrogen-bond acceptors (Lipinski definition) is 0. The average molecular weight is 158 g/mol. The molecule has 0 heteroatoms. The minimum atomic E-state index is 0.550. The second-order valence-corrected chi connectivity index (χ2v) is 3.89. The lowest BCUT2D eigenvalue weighted by Gasteiger charge is -2.28. The van der Waals surface area contributed by atoms with Crippen LogP contribution in [0.2, 0.25) is 0 Å². The van der Waals surface area contributed by atoms with Gasteiger partial charge in [0.15, 0.2) is 0 Å². The van der Waals surface area contributed by atoms with Crippen LogP contribution < -0.4 is 0 Å². The van der Waals surface area contributed by atoms with E-state index in [-0.39, 0.29) is 0 Å². The van der Waals surface area contributed by atoms with E-state index in [2.05, 4.69) is 34.6 Å². The standard InChI is InChI=1S/C9H20.C2H6/c1-6-7-9(4,5)8(2)3;1-2/h8H,6-7H2,1-5H3;1-2H3. The van der Waals surface area contributed by atoms with Crippen molar-refractivity contribution in [2.45, 2.75) is 61.3 Å². The Bertz CT molecular complexity index is 70.1. The van der Waals surface area contributed by atoms with Gasteiger partial charge in [-0.2, -0.15) is 0 Å². The number of rotatable bonds is 3. The van der Waals surface area contributed by atoms with Gasteiger partial charge >= 0.3 is 0 Å². The van der Waals surface area contributed by atoms with Gasteiger partial charge in [0.2, 0.25) is 0 Å². The Labute approximate surface area is 73.4 Å². The van der Waals surface area contributed by atoms with Gasteiger partial charge in [-0.1, -0.05) is 54.9 Å². The highest BCUT2D eigenvalue weighted by Crippen LogP contribution is 2.30. The van der Waals surface area contributed by atoms with Crippen LogP contribution in [0.25, 0.3) is 0 Å². The van der Waals surface area contributed by atoms with E-state index in [0.29, 0.717) is 5.41 Å². The summed E-state index contributed by atoms with van der Waals surface area (Å²) in [7, 11) is 0. The lowest BCUT2D eigenvalue weighted by molar-refractivity contribution is 0.227. The Hall–Kier alpha value is 0. The monoisotopic (exact) mass is 158 g/mol. The van der Waals surface area contributed by atoms with Crippen LogP contribution in [0.1, 0.15) is 61.3 Å². The van der Waals surface area contributed by atoms with Crippen molar-refractivity contribution < 1.29 is 0 Å². The summed E-state index contributed by atoms with van der Waals surface area (Å²) < 4.78 is 0. The topological polar surface area (TPSA) is 0 Å². The Kier molecular flexibility index (Phi) is 8.26. The molecule has 0 fully saturated rings. The third-order valence-electron chi connectivity index (χ3n) is 2.46. The van der Waals surface area contributed by atoms with E-state index in [1.807, 2.05) is 13.8 Å². The first-order valence-electron chi connectivity index (χ1n) is 5.00. The largest absolute Gasteiger partial charge is 0.0683 e. The zero-order valence-electron chi connectivity index (χ0n) is 9.49. The van der Waals surface area contributed by atoms with Crippen molar-refractivity contribution in [2.75, 3.05) is 0 Å². The van der Waals surface area contributed by atoms with Gasteiger partial charge in [-0.3, -0.25) is 0 Å². The summed E-state index contributed by atoms with van der Waals surface area (Å²) in [5, 5.41) is 0. The molecular weight excluding hydrogens is 132 g/mol. The third-order valence-corrected chi connectivity index (χ3v) is 2.46. The van der Waals surface area contributed by atoms with Gasteiger partial charge in [0.05, 0.1) is 0 Å². The first-order chi connectivity index (χ1) is 5.00. The fourth-order valence-electron chi connectivity index (χ4n) is 0.933. The van der Waals surface area contributed by atoms with E-state index in [9.17, 15) is 0 Å². The van der Waals surface area contributed by atoms with E-state index >= 15 is 0 Å². The fraction of sp³-hybridized carbons (Fsp3) is 1.00. The summed E-state index contributed by atoms with van der Waals surface area (Å²) in [6.07, 6.45) is 2.66. The lowest BCUT2D eigenvalue weighted by Crippen LogP contribution is -2.18. The summed E-state index contributed by atoms with van der Waals surface area (Å²) in [6, 6.07) is 0. The van der Waals surface area contributed by atoms with Crippen LogP contribution in [-0.2, 0) is 0 Å². The first-order valence-corrected chi connectivity index (χ1v) is 5.00. The van der Waals surface area contributed by atoms with Crippen LogP contribution in [0, 0.1) is 11.3 Å². The lowest BCUT2D eigenvalue weighted by atomic mass is 9.78. The van der Waals surface area contributed by atoms with Crippen molar-refractivity contribution in [3.05, 3.63) is 0 Å². The van der Waals surface area contributed by atoms with Gasteiger partial charge in [-0.25, -0.2) is 0 Å². The van der Waals surface area contributed by atoms with Crippen molar-refractivity contribution >= 4 is 0 Å². The molecule has 0 unspecified atom stereocenters. The molecule has 0 bridgehead atoms. The smallest absolute Gasteiger partial charge is 0.0331 e. The van der Waals surface area contributed by atoms with E-state index in [1.54, 1.807) is 0 Å². The molecule has 0 spiro atoms. The average Bonchev–Trinajstić information content (AvgIpc) is 1.92. The quantitative estimate of drug-likeness (QED) is 0.567. The normalized spacial score (nSPS) is 10.9. The molecule has 0 saturated heterocycles. The maximum Gasteiger partial charge on any atom is -0.0331 e. The second kappa shape index (κ2) is 6.69. The van der Waals surface area contributed by atoms with Gasteiger partial charge in [0.1, 0.15) is 0 Å². The van der Waals surface area contributed by atoms with Gasteiger partial charge in [-0.05, 0) is 17.8 Å². The Morgan fingerprint density at radius 2 is 1.45 bits per heavy atom. The number of hydrogen-bond donors (Lipinski definition) is 0. The van der Waals surface area contributed by atoms with Crippen molar-refractivity contribution in [3.8, 4) is 0 Å². The van der Waals surface area contributed by atoms with Gasteiger partial charge in [0, 0.05) is 0 Å². The molecule has 0 aliphatic rings. The minimum absolute atomic E-state index is 0.550. The Morgan fingerprint density at radius 3 is 1.55 bits per heavy atom. The predicted octanol–water partition coefficient (Wildman–Crippen LogP) is 4.49. The molecule has 0 aliphatic heterocycles. The SMILES string of the molecule is CC.CCCC(C)(C)C(C)C. The first kappa shape index (κ1) is 13.6. The summed E-state index contributed by atoms with van der Waals surface area (Å²) in [6.45, 7) is 15.6. The fourth-order valence-corrected chi connectivity index (χ4v) is 0.933. The van der Waals surface area contributed by atoms with Crippen LogP contribution in [0.4, 0.5) is 0 Å². The molecule has 0 atom stereocenters. The predicted molar refractivity (Wildman–Crippen MR) is 54.9 cm³/mol. The zero-order chi connectivity index (χ0) is 9.49. The molecule has 0 rings (SSSR count). The molecule has 0 nitrogen and oxygen atoms in total. The molecule has 70 valence electrons. The Balaban J connectivity index is 0. The van der Waals surface area contributed by atoms with E-state index in [4.69, 9.17) is 0 Å². The summed E-state index contributed by atoms with van der Waals surface area (Å²) in [5.74, 6) is 0.817. The highest BCUT2D eigenvalue weighted by molar-refractivity contribution is 4.70. The van der Waals surface area contributed by atoms with E-state index in [0.717, 1.165) is 5.92 Å². The molecule has 11 heavy (non-hydrogen) atoms. The van der Waals surface area contributed by atoms with Crippen molar-refractivity contribution in [3.63, 3.8) is 0 Å². The van der Waals surface area contributed by atoms with E-state index in [1.165, 1.54) is 12.8 Å². The molecule has 0 aromatic rings. The second-order valence-electron chi connectivity index (χ2n) is 3.89. The molecule has 0 amide bonds. The van der Waals surface area contributed by atoms with Crippen LogP contribution in [-0.4, -0.2) is 0 Å². The summed E-state index contributed by atoms with van der Waals surface area (Å²) in [4.78, 5) is 0. The van der Waals surface area contributed by atoms with E-state index < -0.39 is 0 Å². The summed E-state index contributed by atoms with van der Waals surface area (Å²) >= 11 is 0. The van der Waals surface area contributed by atoms with Gasteiger partial charge in [0.25, 0.3) is 0 Å². The van der Waals surface area contributed by atoms with Crippen LogP contribution >= 0.6 is 0 Å². The van der Waals surface area contributed by atoms with Crippen molar-refractivity contribution in [2.24, 2.45) is 11.3 Å². The molecular formula is C11H26. The molecule has 0 aromatic carbocycles. The molecule has 0 aliphatic carbocycles. The zero-order valence-corrected chi connectivity index (χ0v) is 9.49. The van der Waals surface area contributed by atoms with Crippen LogP contribution in [0.15, 0.2) is 0 Å². The van der Waals surface area contributed by atoms with Crippen molar-refractivity contribution in [1.29, 1.82) is 0 Å². The molecule has 0 N–H and O–H groups in total. The molecule has 0 saturated carbocycles. The maximum atomic E-state index is 2.35. The highest BCUT2D eigenvalue weighted by atomic mass is 14.3. The van der Waals surface area contributed by atoms with Crippen LogP contribution in [0.5, 0.6) is 0 Å². The van der Waals surface area contributed by atoms with Crippen LogP contribution in [0.3, 0.4) is 0 Å². The highest BCUT2D eigenvalue weighted by Gasteiger charge is 2.20. The Morgan fingerprint density at radius 1 is 1.09 bits per heavy atom. The summed E-state index contributed by atoms with van der Waals surface area (Å²) in [5.41, 5.74) is 0.550. The minimum Gasteiger partial charge on any atom is -0.0683 e. The van der Waals surface area contributed by atoms with Crippen molar-refractivity contribution in [1.82, 2.24) is 0 Å². The van der Waals surface area contributed by atoms with Gasteiger partial charge < -0.3 is 0 Å². The maximum absolute atomic E-state index is 2.35.